The highest BCUT2D eigenvalue weighted by atomic mass is 32.2. The zero-order chi connectivity index (χ0) is 15.8. The second-order valence-electron chi connectivity index (χ2n) is 4.78. The van der Waals surface area contributed by atoms with E-state index in [4.69, 9.17) is 0 Å². The molecule has 0 bridgehead atoms. The molecule has 1 amide bonds. The fraction of sp³-hybridized carbons (Fsp3) is 0.235. The molecule has 0 unspecified atom stereocenters. The molecule has 0 aliphatic heterocycles. The molecule has 2 aromatic rings. The molecule has 0 saturated carbocycles. The highest BCUT2D eigenvalue weighted by molar-refractivity contribution is 7.99. The number of hydrogen-bond acceptors (Lipinski definition) is 2. The second-order valence-corrected chi connectivity index (χ2v) is 5.95. The van der Waals surface area contributed by atoms with Gasteiger partial charge in [-0.15, -0.1) is 11.8 Å². The maximum Gasteiger partial charge on any atom is 0.220 e. The van der Waals surface area contributed by atoms with E-state index in [1.54, 1.807) is 18.2 Å². The van der Waals surface area contributed by atoms with Crippen LogP contribution in [0.3, 0.4) is 0 Å². The van der Waals surface area contributed by atoms with Crippen LogP contribution in [0.1, 0.15) is 12.0 Å². The summed E-state index contributed by atoms with van der Waals surface area (Å²) < 4.78 is 25.7. The van der Waals surface area contributed by atoms with Crippen LogP contribution in [-0.2, 0) is 11.2 Å². The van der Waals surface area contributed by atoms with Gasteiger partial charge in [-0.1, -0.05) is 12.1 Å². The Morgan fingerprint density at radius 1 is 1.05 bits per heavy atom. The van der Waals surface area contributed by atoms with Crippen molar-refractivity contribution in [3.05, 3.63) is 65.7 Å². The number of benzene rings is 2. The van der Waals surface area contributed by atoms with Crippen LogP contribution < -0.4 is 5.32 Å². The van der Waals surface area contributed by atoms with Gasteiger partial charge in [-0.2, -0.15) is 0 Å². The molecule has 5 heteroatoms. The van der Waals surface area contributed by atoms with Gasteiger partial charge >= 0.3 is 0 Å². The molecule has 22 heavy (non-hydrogen) atoms. The summed E-state index contributed by atoms with van der Waals surface area (Å²) in [6.45, 7) is 0.490. The number of carbonyl (C=O) groups is 1. The van der Waals surface area contributed by atoms with Gasteiger partial charge in [0, 0.05) is 23.6 Å². The van der Waals surface area contributed by atoms with E-state index in [-0.39, 0.29) is 17.5 Å². The molecule has 2 aromatic carbocycles. The van der Waals surface area contributed by atoms with Crippen LogP contribution in [0, 0.1) is 11.6 Å². The van der Waals surface area contributed by atoms with E-state index in [2.05, 4.69) is 5.32 Å². The van der Waals surface area contributed by atoms with Crippen molar-refractivity contribution < 1.29 is 13.6 Å². The van der Waals surface area contributed by atoms with E-state index in [9.17, 15) is 13.6 Å². The summed E-state index contributed by atoms with van der Waals surface area (Å²) in [6.07, 6.45) is 1.000. The first-order chi connectivity index (χ1) is 10.6. The van der Waals surface area contributed by atoms with Crippen LogP contribution in [0.4, 0.5) is 8.78 Å². The summed E-state index contributed by atoms with van der Waals surface area (Å²) in [4.78, 5) is 12.6. The van der Waals surface area contributed by atoms with E-state index in [1.165, 1.54) is 36.0 Å². The van der Waals surface area contributed by atoms with Crippen molar-refractivity contribution in [1.82, 2.24) is 5.32 Å². The van der Waals surface area contributed by atoms with E-state index >= 15 is 0 Å². The summed E-state index contributed by atoms with van der Waals surface area (Å²) in [5.41, 5.74) is 0.862. The Morgan fingerprint density at radius 3 is 2.55 bits per heavy atom. The molecule has 0 aliphatic carbocycles. The summed E-state index contributed by atoms with van der Waals surface area (Å²) in [5.74, 6) is 0.0715. The normalized spacial score (nSPS) is 10.5. The SMILES string of the molecule is O=C(CCSc1ccc(F)cc1)NCCc1cccc(F)c1. The predicted molar refractivity (Wildman–Crippen MR) is 84.9 cm³/mol. The van der Waals surface area contributed by atoms with Crippen LogP contribution in [0.2, 0.25) is 0 Å². The zero-order valence-electron chi connectivity index (χ0n) is 12.0. The van der Waals surface area contributed by atoms with Gasteiger partial charge in [0.05, 0.1) is 0 Å². The Hall–Kier alpha value is -1.88. The van der Waals surface area contributed by atoms with Crippen LogP contribution in [0.25, 0.3) is 0 Å². The lowest BCUT2D eigenvalue weighted by Gasteiger charge is -2.06. The number of nitrogens with one attached hydrogen (secondary N) is 1. The maximum atomic E-state index is 13.0. The Bertz CT molecular complexity index is 616. The molecule has 0 atom stereocenters. The Morgan fingerprint density at radius 2 is 1.82 bits per heavy atom. The van der Waals surface area contributed by atoms with E-state index in [1.807, 2.05) is 6.07 Å². The fourth-order valence-electron chi connectivity index (χ4n) is 1.92. The van der Waals surface area contributed by atoms with Gasteiger partial charge in [-0.25, -0.2) is 8.78 Å². The number of rotatable bonds is 7. The number of hydrogen-bond donors (Lipinski definition) is 1. The Labute approximate surface area is 132 Å². The van der Waals surface area contributed by atoms with Gasteiger partial charge in [-0.05, 0) is 48.4 Å². The standard InChI is InChI=1S/C17H17F2NOS/c18-14-4-6-16(7-5-14)22-11-9-17(21)20-10-8-13-2-1-3-15(19)12-13/h1-7,12H,8-11H2,(H,20,21). The summed E-state index contributed by atoms with van der Waals surface area (Å²) >= 11 is 1.51. The third-order valence-corrected chi connectivity index (χ3v) is 4.05. The molecule has 0 aliphatic rings. The maximum absolute atomic E-state index is 13.0. The lowest BCUT2D eigenvalue weighted by molar-refractivity contribution is -0.120. The largest absolute Gasteiger partial charge is 0.356 e. The summed E-state index contributed by atoms with van der Waals surface area (Å²) in [7, 11) is 0. The molecule has 2 rings (SSSR count). The first kappa shape index (κ1) is 16.5. The topological polar surface area (TPSA) is 29.1 Å². The smallest absolute Gasteiger partial charge is 0.220 e. The minimum Gasteiger partial charge on any atom is -0.356 e. The molecule has 0 heterocycles. The van der Waals surface area contributed by atoms with Crippen molar-refractivity contribution in [2.75, 3.05) is 12.3 Å². The van der Waals surface area contributed by atoms with Gasteiger partial charge in [0.1, 0.15) is 11.6 Å². The van der Waals surface area contributed by atoms with Crippen LogP contribution in [0.5, 0.6) is 0 Å². The first-order valence-electron chi connectivity index (χ1n) is 7.03. The van der Waals surface area contributed by atoms with Crippen LogP contribution >= 0.6 is 11.8 Å². The average molecular weight is 321 g/mol. The quantitative estimate of drug-likeness (QED) is 0.786. The van der Waals surface area contributed by atoms with Crippen molar-refractivity contribution in [1.29, 1.82) is 0 Å². The zero-order valence-corrected chi connectivity index (χ0v) is 12.8. The Balaban J connectivity index is 1.62. The van der Waals surface area contributed by atoms with Crippen molar-refractivity contribution in [3.63, 3.8) is 0 Å². The lowest BCUT2D eigenvalue weighted by atomic mass is 10.1. The van der Waals surface area contributed by atoms with Gasteiger partial charge < -0.3 is 5.32 Å². The van der Waals surface area contributed by atoms with E-state index in [0.717, 1.165) is 10.5 Å². The van der Waals surface area contributed by atoms with Gasteiger partial charge in [-0.3, -0.25) is 4.79 Å². The van der Waals surface area contributed by atoms with Crippen LogP contribution in [-0.4, -0.2) is 18.2 Å². The number of carbonyl (C=O) groups excluding carboxylic acids is 1. The van der Waals surface area contributed by atoms with Crippen LogP contribution in [0.15, 0.2) is 53.4 Å². The molecule has 0 spiro atoms. The number of thioether (sulfide) groups is 1. The first-order valence-corrected chi connectivity index (χ1v) is 8.01. The molecular formula is C17H17F2NOS. The monoisotopic (exact) mass is 321 g/mol. The number of halogens is 2. The van der Waals surface area contributed by atoms with Crippen molar-refractivity contribution in [2.24, 2.45) is 0 Å². The fourth-order valence-corrected chi connectivity index (χ4v) is 2.77. The van der Waals surface area contributed by atoms with Gasteiger partial charge in [0.2, 0.25) is 5.91 Å². The lowest BCUT2D eigenvalue weighted by Crippen LogP contribution is -2.25. The molecule has 0 saturated heterocycles. The third kappa shape index (κ3) is 5.85. The predicted octanol–water partition coefficient (Wildman–Crippen LogP) is 3.81. The molecule has 0 radical (unpaired) electrons. The minimum atomic E-state index is -0.264. The van der Waals surface area contributed by atoms with Gasteiger partial charge in [0.15, 0.2) is 0 Å². The van der Waals surface area contributed by atoms with Crippen molar-refractivity contribution >= 4 is 17.7 Å². The average Bonchev–Trinajstić information content (AvgIpc) is 2.49. The third-order valence-electron chi connectivity index (χ3n) is 3.04. The molecule has 2 nitrogen and oxygen atoms in total. The molecule has 116 valence electrons. The minimum absolute atomic E-state index is 0.0361. The molecular weight excluding hydrogens is 304 g/mol. The second kappa shape index (κ2) is 8.54. The number of amides is 1. The highest BCUT2D eigenvalue weighted by Gasteiger charge is 2.03. The van der Waals surface area contributed by atoms with Crippen molar-refractivity contribution in [3.8, 4) is 0 Å². The summed E-state index contributed by atoms with van der Waals surface area (Å²) in [5, 5.41) is 2.81. The summed E-state index contributed by atoms with van der Waals surface area (Å²) in [6, 6.07) is 12.6. The van der Waals surface area contributed by atoms with Gasteiger partial charge in [0.25, 0.3) is 0 Å². The molecule has 0 fully saturated rings. The Kier molecular flexibility index (Phi) is 6.40. The molecule has 0 aromatic heterocycles. The molecule has 1 N–H and O–H groups in total. The van der Waals surface area contributed by atoms with E-state index in [0.29, 0.717) is 25.1 Å². The highest BCUT2D eigenvalue weighted by Crippen LogP contribution is 2.18. The van der Waals surface area contributed by atoms with Crippen molar-refractivity contribution in [2.45, 2.75) is 17.7 Å². The van der Waals surface area contributed by atoms with E-state index < -0.39 is 0 Å².